The van der Waals surface area contributed by atoms with Crippen LogP contribution in [-0.2, 0) is 16.0 Å². The second kappa shape index (κ2) is 9.08. The maximum atomic E-state index is 13.0. The smallest absolute Gasteiger partial charge is 0.295 e. The number of nitrogens with zero attached hydrogens (tertiary/aromatic N) is 2. The Labute approximate surface area is 192 Å². The van der Waals surface area contributed by atoms with Crippen molar-refractivity contribution in [1.29, 1.82) is 0 Å². The van der Waals surface area contributed by atoms with Gasteiger partial charge < -0.3 is 15.0 Å². The topological polar surface area (TPSA) is 86.3 Å². The largest absolute Gasteiger partial charge is 0.507 e. The number of halogens is 2. The number of amides is 1. The van der Waals surface area contributed by atoms with Crippen LogP contribution in [0.5, 0.6) is 0 Å². The quantitative estimate of drug-likeness (QED) is 0.287. The van der Waals surface area contributed by atoms with E-state index in [0.29, 0.717) is 30.0 Å². The fraction of sp³-hybridized carbons (Fsp3) is 0.174. The van der Waals surface area contributed by atoms with Crippen LogP contribution in [0.15, 0.2) is 71.0 Å². The van der Waals surface area contributed by atoms with Crippen molar-refractivity contribution in [3.8, 4) is 0 Å². The van der Waals surface area contributed by atoms with Gasteiger partial charge >= 0.3 is 0 Å². The molecule has 1 aliphatic heterocycles. The number of H-pyrrole nitrogens is 1. The monoisotopic (exact) mass is 499 g/mol. The summed E-state index contributed by atoms with van der Waals surface area (Å²) in [6.07, 6.45) is 4.66. The Morgan fingerprint density at radius 1 is 1.16 bits per heavy atom. The van der Waals surface area contributed by atoms with E-state index in [1.54, 1.807) is 36.7 Å². The Morgan fingerprint density at radius 3 is 2.58 bits per heavy atom. The molecule has 1 aliphatic rings. The molecule has 158 valence electrons. The number of likely N-dealkylation sites (tertiary alicyclic amines) is 1. The van der Waals surface area contributed by atoms with Gasteiger partial charge in [0.25, 0.3) is 11.7 Å². The van der Waals surface area contributed by atoms with E-state index in [1.165, 1.54) is 4.90 Å². The van der Waals surface area contributed by atoms with E-state index in [2.05, 4.69) is 25.9 Å². The number of imidazole rings is 1. The number of hydrogen-bond acceptors (Lipinski definition) is 4. The normalized spacial score (nSPS) is 18.0. The molecule has 0 saturated carbocycles. The standard InChI is InChI=1S/C23H19BrClN3O3/c24-15-9-7-14(8-10-15)20-19(21(29)16-4-1-2-5-17(16)25)22(30)23(31)28(20)13-3-6-18-26-11-12-27-18/h1-2,4-5,7-12,20,29H,3,6,13H2,(H,26,27)/b21-19+. The van der Waals surface area contributed by atoms with Crippen LogP contribution in [0, 0.1) is 0 Å². The van der Waals surface area contributed by atoms with Gasteiger partial charge in [-0.15, -0.1) is 0 Å². The Kier molecular flexibility index (Phi) is 6.25. The third-order valence-electron chi connectivity index (χ3n) is 5.22. The molecule has 1 aromatic heterocycles. The zero-order valence-corrected chi connectivity index (χ0v) is 18.7. The molecule has 2 heterocycles. The minimum atomic E-state index is -0.719. The van der Waals surface area contributed by atoms with E-state index in [1.807, 2.05) is 24.3 Å². The first-order chi connectivity index (χ1) is 15.0. The number of nitrogens with one attached hydrogen (secondary N) is 1. The number of aliphatic hydroxyl groups is 1. The third-order valence-corrected chi connectivity index (χ3v) is 6.08. The highest BCUT2D eigenvalue weighted by molar-refractivity contribution is 9.10. The first kappa shape index (κ1) is 21.3. The summed E-state index contributed by atoms with van der Waals surface area (Å²) in [5.74, 6) is -0.817. The van der Waals surface area contributed by atoms with Gasteiger partial charge in [0.1, 0.15) is 11.6 Å². The number of Topliss-reactive ketones (excluding diaryl/α,β-unsaturated/α-hetero) is 1. The molecule has 1 atom stereocenters. The molecule has 8 heteroatoms. The predicted molar refractivity (Wildman–Crippen MR) is 122 cm³/mol. The number of aromatic amines is 1. The van der Waals surface area contributed by atoms with Gasteiger partial charge in [-0.1, -0.05) is 51.8 Å². The Bertz CT molecular complexity index is 1140. The van der Waals surface area contributed by atoms with E-state index in [-0.39, 0.29) is 11.3 Å². The summed E-state index contributed by atoms with van der Waals surface area (Å²) in [5.41, 5.74) is 1.09. The van der Waals surface area contributed by atoms with E-state index in [0.717, 1.165) is 15.9 Å². The van der Waals surface area contributed by atoms with Gasteiger partial charge in [-0.2, -0.15) is 0 Å². The predicted octanol–water partition coefficient (Wildman–Crippen LogP) is 4.88. The van der Waals surface area contributed by atoms with E-state index >= 15 is 0 Å². The van der Waals surface area contributed by atoms with Gasteiger partial charge in [0.05, 0.1) is 16.6 Å². The molecule has 0 bridgehead atoms. The minimum Gasteiger partial charge on any atom is -0.507 e. The average Bonchev–Trinajstić information content (AvgIpc) is 3.36. The second-order valence-corrected chi connectivity index (χ2v) is 8.49. The summed E-state index contributed by atoms with van der Waals surface area (Å²) in [7, 11) is 0. The van der Waals surface area contributed by atoms with Crippen LogP contribution in [0.2, 0.25) is 5.02 Å². The molecule has 2 aromatic carbocycles. The van der Waals surface area contributed by atoms with Crippen molar-refractivity contribution in [2.45, 2.75) is 18.9 Å². The Morgan fingerprint density at radius 2 is 1.90 bits per heavy atom. The molecule has 4 rings (SSSR count). The van der Waals surface area contributed by atoms with Crippen LogP contribution in [-0.4, -0.2) is 38.2 Å². The maximum absolute atomic E-state index is 13.0. The van der Waals surface area contributed by atoms with Crippen molar-refractivity contribution < 1.29 is 14.7 Å². The summed E-state index contributed by atoms with van der Waals surface area (Å²) in [4.78, 5) is 34.7. The van der Waals surface area contributed by atoms with Gasteiger partial charge in [0, 0.05) is 35.4 Å². The van der Waals surface area contributed by atoms with Crippen molar-refractivity contribution in [1.82, 2.24) is 14.9 Å². The molecule has 2 N–H and O–H groups in total. The van der Waals surface area contributed by atoms with E-state index in [4.69, 9.17) is 11.6 Å². The van der Waals surface area contributed by atoms with E-state index < -0.39 is 17.7 Å². The number of aryl methyl sites for hydroxylation is 1. The molecule has 6 nitrogen and oxygen atoms in total. The van der Waals surface area contributed by atoms with Crippen molar-refractivity contribution in [2.24, 2.45) is 0 Å². The zero-order valence-electron chi connectivity index (χ0n) is 16.4. The first-order valence-electron chi connectivity index (χ1n) is 9.74. The van der Waals surface area contributed by atoms with Gasteiger partial charge in [0.15, 0.2) is 0 Å². The van der Waals surface area contributed by atoms with Gasteiger partial charge in [-0.05, 0) is 36.2 Å². The number of ketones is 1. The number of carbonyl (C=O) groups excluding carboxylic acids is 2. The maximum Gasteiger partial charge on any atom is 0.295 e. The highest BCUT2D eigenvalue weighted by Crippen LogP contribution is 2.40. The highest BCUT2D eigenvalue weighted by Gasteiger charge is 2.45. The van der Waals surface area contributed by atoms with Crippen LogP contribution in [0.1, 0.15) is 29.4 Å². The summed E-state index contributed by atoms with van der Waals surface area (Å²) < 4.78 is 0.872. The van der Waals surface area contributed by atoms with Gasteiger partial charge in [0.2, 0.25) is 0 Å². The molecular formula is C23H19BrClN3O3. The lowest BCUT2D eigenvalue weighted by Gasteiger charge is -2.25. The van der Waals surface area contributed by atoms with Crippen molar-refractivity contribution in [3.63, 3.8) is 0 Å². The lowest BCUT2D eigenvalue weighted by molar-refractivity contribution is -0.139. The van der Waals surface area contributed by atoms with Crippen molar-refractivity contribution in [2.75, 3.05) is 6.54 Å². The number of carbonyl (C=O) groups is 2. The molecular weight excluding hydrogens is 482 g/mol. The highest BCUT2D eigenvalue weighted by atomic mass is 79.9. The Balaban J connectivity index is 1.74. The number of hydrogen-bond donors (Lipinski definition) is 2. The summed E-state index contributed by atoms with van der Waals surface area (Å²) in [5, 5.41) is 11.3. The van der Waals surface area contributed by atoms with Crippen LogP contribution in [0.4, 0.5) is 0 Å². The van der Waals surface area contributed by atoms with Gasteiger partial charge in [-0.25, -0.2) is 4.98 Å². The zero-order chi connectivity index (χ0) is 22.0. The number of aromatic nitrogens is 2. The SMILES string of the molecule is O=C1C(=O)N(CCCc2ncc[nH]2)C(c2ccc(Br)cc2)/C1=C(\O)c1ccccc1Cl. The molecule has 0 radical (unpaired) electrons. The number of rotatable bonds is 6. The molecule has 1 unspecified atom stereocenters. The third kappa shape index (κ3) is 4.29. The van der Waals surface area contributed by atoms with E-state index in [9.17, 15) is 14.7 Å². The molecule has 0 aliphatic carbocycles. The molecule has 0 spiro atoms. The molecule has 1 fully saturated rings. The lowest BCUT2D eigenvalue weighted by atomic mass is 9.95. The number of aliphatic hydroxyl groups excluding tert-OH is 1. The minimum absolute atomic E-state index is 0.0402. The molecule has 3 aromatic rings. The Hall–Kier alpha value is -2.90. The van der Waals surface area contributed by atoms with Crippen LogP contribution in [0.3, 0.4) is 0 Å². The molecule has 1 amide bonds. The van der Waals surface area contributed by atoms with Crippen molar-refractivity contribution >= 4 is 45.0 Å². The lowest BCUT2D eigenvalue weighted by Crippen LogP contribution is -2.31. The first-order valence-corrected chi connectivity index (χ1v) is 10.9. The average molecular weight is 501 g/mol. The summed E-state index contributed by atoms with van der Waals surface area (Å²) in [6.45, 7) is 0.339. The summed E-state index contributed by atoms with van der Waals surface area (Å²) >= 11 is 9.66. The fourth-order valence-electron chi connectivity index (χ4n) is 3.75. The second-order valence-electron chi connectivity index (χ2n) is 7.16. The van der Waals surface area contributed by atoms with Crippen LogP contribution >= 0.6 is 27.5 Å². The molecule has 31 heavy (non-hydrogen) atoms. The van der Waals surface area contributed by atoms with Crippen molar-refractivity contribution in [3.05, 3.63) is 92.9 Å². The molecule has 1 saturated heterocycles. The fourth-order valence-corrected chi connectivity index (χ4v) is 4.24. The number of benzene rings is 2. The van der Waals surface area contributed by atoms with Crippen LogP contribution in [0.25, 0.3) is 5.76 Å². The van der Waals surface area contributed by atoms with Crippen LogP contribution < -0.4 is 0 Å². The van der Waals surface area contributed by atoms with Gasteiger partial charge in [-0.3, -0.25) is 9.59 Å². The summed E-state index contributed by atoms with van der Waals surface area (Å²) in [6, 6.07) is 13.3.